The Bertz CT molecular complexity index is 1160. The van der Waals surface area contributed by atoms with Crippen molar-refractivity contribution in [2.24, 2.45) is 5.92 Å². The van der Waals surface area contributed by atoms with E-state index in [1.165, 1.54) is 18.5 Å². The van der Waals surface area contributed by atoms with E-state index in [-0.39, 0.29) is 47.9 Å². The molecule has 0 aromatic carbocycles. The van der Waals surface area contributed by atoms with Gasteiger partial charge in [0.15, 0.2) is 5.43 Å². The number of H-pyrrole nitrogens is 1. The van der Waals surface area contributed by atoms with E-state index >= 15 is 0 Å². The Labute approximate surface area is 172 Å². The van der Waals surface area contributed by atoms with Crippen molar-refractivity contribution in [1.29, 1.82) is 0 Å². The van der Waals surface area contributed by atoms with Crippen LogP contribution in [-0.4, -0.2) is 21.1 Å². The molecule has 0 amide bonds. The van der Waals surface area contributed by atoms with Crippen molar-refractivity contribution in [3.8, 4) is 11.3 Å². The second-order valence-electron chi connectivity index (χ2n) is 7.71. The summed E-state index contributed by atoms with van der Waals surface area (Å²) in [6, 6.07) is 3.70. The summed E-state index contributed by atoms with van der Waals surface area (Å²) in [5.41, 5.74) is -0.256. The van der Waals surface area contributed by atoms with Crippen LogP contribution in [0.5, 0.6) is 0 Å². The first-order valence-electron chi connectivity index (χ1n) is 9.65. The Morgan fingerprint density at radius 3 is 2.32 bits per heavy atom. The third kappa shape index (κ3) is 4.28. The standard InChI is InChI=1S/C21H17F6N3O/c22-20(23,24)12-3-1-11(2-4-12)13-7-19(21(25,26)27)29-10-14(13)17-8-18(31)15-9-28-6-5-16(15)30-17/h5-12H,1-4H2,(H,30,31)/t11-,12-. The molecule has 1 fully saturated rings. The molecule has 4 rings (SSSR count). The van der Waals surface area contributed by atoms with Crippen molar-refractivity contribution in [1.82, 2.24) is 15.0 Å². The van der Waals surface area contributed by atoms with Gasteiger partial charge in [-0.05, 0) is 49.3 Å². The average molecular weight is 441 g/mol. The normalized spacial score (nSPS) is 20.2. The largest absolute Gasteiger partial charge is 0.433 e. The minimum absolute atomic E-state index is 0.0974. The van der Waals surface area contributed by atoms with E-state index in [0.717, 1.165) is 12.3 Å². The van der Waals surface area contributed by atoms with Crippen LogP contribution in [0.25, 0.3) is 22.2 Å². The van der Waals surface area contributed by atoms with Gasteiger partial charge in [0.25, 0.3) is 0 Å². The fourth-order valence-corrected chi connectivity index (χ4v) is 4.16. The molecule has 1 aliphatic carbocycles. The minimum Gasteiger partial charge on any atom is -0.354 e. The number of rotatable bonds is 2. The van der Waals surface area contributed by atoms with Crippen molar-refractivity contribution in [2.45, 2.75) is 44.0 Å². The van der Waals surface area contributed by atoms with Gasteiger partial charge in [0.05, 0.1) is 22.5 Å². The van der Waals surface area contributed by atoms with E-state index in [9.17, 15) is 31.1 Å². The first-order chi connectivity index (χ1) is 14.5. The smallest absolute Gasteiger partial charge is 0.354 e. The van der Waals surface area contributed by atoms with Crippen molar-refractivity contribution < 1.29 is 26.3 Å². The molecule has 3 heterocycles. The van der Waals surface area contributed by atoms with Gasteiger partial charge in [-0.1, -0.05) is 0 Å². The van der Waals surface area contributed by atoms with Gasteiger partial charge in [-0.3, -0.25) is 14.8 Å². The fourth-order valence-electron chi connectivity index (χ4n) is 4.16. The third-order valence-electron chi connectivity index (χ3n) is 5.78. The molecule has 1 N–H and O–H groups in total. The average Bonchev–Trinajstić information content (AvgIpc) is 2.72. The van der Waals surface area contributed by atoms with Gasteiger partial charge >= 0.3 is 12.4 Å². The number of hydrogen-bond donors (Lipinski definition) is 1. The highest BCUT2D eigenvalue weighted by Gasteiger charge is 2.42. The second-order valence-corrected chi connectivity index (χ2v) is 7.71. The van der Waals surface area contributed by atoms with Crippen LogP contribution in [0.2, 0.25) is 0 Å². The van der Waals surface area contributed by atoms with Gasteiger partial charge in [-0.15, -0.1) is 0 Å². The van der Waals surface area contributed by atoms with E-state index < -0.39 is 29.9 Å². The molecule has 0 unspecified atom stereocenters. The molecule has 164 valence electrons. The first kappa shape index (κ1) is 21.3. The Kier molecular flexibility index (Phi) is 5.26. The lowest BCUT2D eigenvalue weighted by molar-refractivity contribution is -0.182. The summed E-state index contributed by atoms with van der Waals surface area (Å²) in [5, 5.41) is 0.318. The fraction of sp³-hybridized carbons (Fsp3) is 0.381. The van der Waals surface area contributed by atoms with Crippen LogP contribution in [0, 0.1) is 5.92 Å². The quantitative estimate of drug-likeness (QED) is 0.509. The molecule has 0 saturated heterocycles. The number of fused-ring (bicyclic) bond motifs is 1. The third-order valence-corrected chi connectivity index (χ3v) is 5.78. The van der Waals surface area contributed by atoms with Gasteiger partial charge in [0.1, 0.15) is 5.69 Å². The van der Waals surface area contributed by atoms with Crippen LogP contribution in [0.3, 0.4) is 0 Å². The Balaban J connectivity index is 1.80. The molecular formula is C21H17F6N3O. The number of halogens is 6. The number of hydrogen-bond acceptors (Lipinski definition) is 3. The van der Waals surface area contributed by atoms with Crippen LogP contribution >= 0.6 is 0 Å². The topological polar surface area (TPSA) is 58.6 Å². The molecule has 0 aliphatic heterocycles. The summed E-state index contributed by atoms with van der Waals surface area (Å²) in [4.78, 5) is 22.9. The summed E-state index contributed by atoms with van der Waals surface area (Å²) in [6.07, 6.45) is -5.25. The Morgan fingerprint density at radius 1 is 0.968 bits per heavy atom. The zero-order valence-corrected chi connectivity index (χ0v) is 16.0. The molecule has 1 aliphatic rings. The predicted molar refractivity (Wildman–Crippen MR) is 101 cm³/mol. The molecule has 4 nitrogen and oxygen atoms in total. The van der Waals surface area contributed by atoms with Crippen LogP contribution < -0.4 is 5.43 Å². The molecular weight excluding hydrogens is 424 g/mol. The molecule has 0 spiro atoms. The van der Waals surface area contributed by atoms with Crippen LogP contribution in [-0.2, 0) is 6.18 Å². The van der Waals surface area contributed by atoms with E-state index in [1.54, 1.807) is 6.07 Å². The minimum atomic E-state index is -4.70. The van der Waals surface area contributed by atoms with Gasteiger partial charge in [-0.2, -0.15) is 26.3 Å². The van der Waals surface area contributed by atoms with Crippen LogP contribution in [0.15, 0.2) is 41.6 Å². The second kappa shape index (κ2) is 7.65. The number of nitrogens with one attached hydrogen (secondary N) is 1. The monoisotopic (exact) mass is 441 g/mol. The maximum atomic E-state index is 13.3. The maximum absolute atomic E-state index is 13.3. The molecule has 0 radical (unpaired) electrons. The lowest BCUT2D eigenvalue weighted by Gasteiger charge is -2.31. The molecule has 3 aromatic heterocycles. The highest BCUT2D eigenvalue weighted by Crippen LogP contribution is 2.45. The number of aromatic nitrogens is 3. The number of alkyl halides is 6. The predicted octanol–water partition coefficient (Wildman–Crippen LogP) is 5.84. The Morgan fingerprint density at radius 2 is 1.68 bits per heavy atom. The molecule has 3 aromatic rings. The molecule has 1 saturated carbocycles. The van der Waals surface area contributed by atoms with E-state index in [0.29, 0.717) is 10.9 Å². The van der Waals surface area contributed by atoms with E-state index in [4.69, 9.17) is 0 Å². The zero-order valence-electron chi connectivity index (χ0n) is 16.0. The Hall–Kier alpha value is -2.91. The zero-order chi connectivity index (χ0) is 22.4. The van der Waals surface area contributed by atoms with Crippen LogP contribution in [0.4, 0.5) is 26.3 Å². The van der Waals surface area contributed by atoms with Crippen molar-refractivity contribution in [3.63, 3.8) is 0 Å². The maximum Gasteiger partial charge on any atom is 0.433 e. The van der Waals surface area contributed by atoms with Gasteiger partial charge in [0.2, 0.25) is 0 Å². The number of pyridine rings is 3. The summed E-state index contributed by atoms with van der Waals surface area (Å²) in [5.74, 6) is -1.96. The summed E-state index contributed by atoms with van der Waals surface area (Å²) in [7, 11) is 0. The summed E-state index contributed by atoms with van der Waals surface area (Å²) < 4.78 is 78.9. The summed E-state index contributed by atoms with van der Waals surface area (Å²) in [6.45, 7) is 0. The lowest BCUT2D eigenvalue weighted by Crippen LogP contribution is -2.27. The van der Waals surface area contributed by atoms with Crippen molar-refractivity contribution in [3.05, 3.63) is 58.3 Å². The van der Waals surface area contributed by atoms with E-state index in [1.807, 2.05) is 0 Å². The van der Waals surface area contributed by atoms with Gasteiger partial charge < -0.3 is 4.98 Å². The highest BCUT2D eigenvalue weighted by atomic mass is 19.4. The van der Waals surface area contributed by atoms with Gasteiger partial charge in [0, 0.05) is 30.2 Å². The molecule has 0 bridgehead atoms. The number of nitrogens with zero attached hydrogens (tertiary/aromatic N) is 2. The SMILES string of the molecule is O=c1cc(-c2cnc(C(F)(F)F)cc2[C@H]2CC[C@H](C(F)(F)F)CC2)[nH]c2ccncc12. The molecule has 0 atom stereocenters. The van der Waals surface area contributed by atoms with Crippen molar-refractivity contribution in [2.75, 3.05) is 0 Å². The van der Waals surface area contributed by atoms with Crippen molar-refractivity contribution >= 4 is 10.9 Å². The molecule has 31 heavy (non-hydrogen) atoms. The summed E-state index contributed by atoms with van der Waals surface area (Å²) >= 11 is 0. The van der Waals surface area contributed by atoms with Crippen LogP contribution in [0.1, 0.15) is 42.9 Å². The number of aromatic amines is 1. The van der Waals surface area contributed by atoms with E-state index in [2.05, 4.69) is 15.0 Å². The molecule has 10 heteroatoms. The highest BCUT2D eigenvalue weighted by molar-refractivity contribution is 5.80. The lowest BCUT2D eigenvalue weighted by atomic mass is 9.77. The first-order valence-corrected chi connectivity index (χ1v) is 9.65. The van der Waals surface area contributed by atoms with Gasteiger partial charge in [-0.25, -0.2) is 0 Å².